The number of carbonyl (C=O) groups is 1. The largest absolute Gasteiger partial charge is 0.493 e. The zero-order chi connectivity index (χ0) is 19.6. The zero-order valence-corrected chi connectivity index (χ0v) is 15.9. The third kappa shape index (κ3) is 5.89. The van der Waals surface area contributed by atoms with Crippen molar-refractivity contribution in [3.63, 3.8) is 0 Å². The number of aryl methyl sites for hydroxylation is 1. The lowest BCUT2D eigenvalue weighted by atomic mass is 10.0. The molecule has 0 saturated carbocycles. The van der Waals surface area contributed by atoms with Crippen molar-refractivity contribution >= 4 is 12.0 Å². The molecule has 2 rings (SSSR count). The van der Waals surface area contributed by atoms with Crippen molar-refractivity contribution in [1.82, 2.24) is 5.32 Å². The molecule has 5 nitrogen and oxygen atoms in total. The van der Waals surface area contributed by atoms with Crippen LogP contribution >= 0.6 is 0 Å². The van der Waals surface area contributed by atoms with Crippen molar-refractivity contribution in [2.75, 3.05) is 13.7 Å². The van der Waals surface area contributed by atoms with Crippen LogP contribution in [0.4, 0.5) is 0 Å². The molecular formula is C22H24N2O3. The molecule has 1 unspecified atom stereocenters. The molecule has 0 aromatic heterocycles. The quantitative estimate of drug-likeness (QED) is 0.713. The van der Waals surface area contributed by atoms with Crippen LogP contribution in [0.2, 0.25) is 0 Å². The lowest BCUT2D eigenvalue weighted by molar-refractivity contribution is -0.117. The van der Waals surface area contributed by atoms with Gasteiger partial charge in [0.15, 0.2) is 18.1 Å². The molecule has 1 N–H and O–H groups in total. The van der Waals surface area contributed by atoms with Crippen molar-refractivity contribution in [2.24, 2.45) is 0 Å². The van der Waals surface area contributed by atoms with Crippen LogP contribution in [0.1, 0.15) is 36.1 Å². The second kappa shape index (κ2) is 10.0. The van der Waals surface area contributed by atoms with E-state index in [1.165, 1.54) is 18.7 Å². The molecule has 0 heterocycles. The van der Waals surface area contributed by atoms with E-state index in [-0.39, 0.29) is 18.6 Å². The maximum absolute atomic E-state index is 12.3. The van der Waals surface area contributed by atoms with Gasteiger partial charge in [-0.2, -0.15) is 5.26 Å². The minimum Gasteiger partial charge on any atom is -0.493 e. The predicted molar refractivity (Wildman–Crippen MR) is 105 cm³/mol. The Kier molecular flexibility index (Phi) is 7.45. The monoisotopic (exact) mass is 364 g/mol. The number of nitriles is 1. The molecule has 140 valence electrons. The molecule has 0 aliphatic heterocycles. The molecule has 27 heavy (non-hydrogen) atoms. The molecule has 0 spiro atoms. The van der Waals surface area contributed by atoms with Gasteiger partial charge in [0, 0.05) is 6.08 Å². The minimum absolute atomic E-state index is 0.0287. The van der Waals surface area contributed by atoms with Crippen LogP contribution in [0.25, 0.3) is 6.08 Å². The lowest BCUT2D eigenvalue weighted by Crippen LogP contribution is -2.26. The second-order valence-corrected chi connectivity index (χ2v) is 6.07. The average molecular weight is 364 g/mol. The summed E-state index contributed by atoms with van der Waals surface area (Å²) in [6.07, 6.45) is 4.02. The smallest absolute Gasteiger partial charge is 0.244 e. The second-order valence-electron chi connectivity index (χ2n) is 6.07. The highest BCUT2D eigenvalue weighted by atomic mass is 16.5. The van der Waals surface area contributed by atoms with Gasteiger partial charge in [-0.25, -0.2) is 0 Å². The van der Waals surface area contributed by atoms with Crippen LogP contribution in [-0.4, -0.2) is 19.6 Å². The highest BCUT2D eigenvalue weighted by molar-refractivity contribution is 5.92. The molecule has 0 aliphatic rings. The van der Waals surface area contributed by atoms with Gasteiger partial charge in [-0.1, -0.05) is 42.8 Å². The number of carbonyl (C=O) groups excluding carboxylic acids is 1. The Bertz CT molecular complexity index is 836. The highest BCUT2D eigenvalue weighted by Gasteiger charge is 2.11. The number of hydrogen-bond donors (Lipinski definition) is 1. The van der Waals surface area contributed by atoms with Gasteiger partial charge < -0.3 is 14.8 Å². The number of methoxy groups -OCH3 is 1. The molecule has 0 saturated heterocycles. The Labute approximate surface area is 160 Å². The van der Waals surface area contributed by atoms with E-state index in [0.29, 0.717) is 11.5 Å². The van der Waals surface area contributed by atoms with Gasteiger partial charge in [0.05, 0.1) is 13.2 Å². The molecule has 0 aliphatic carbocycles. The summed E-state index contributed by atoms with van der Waals surface area (Å²) in [6, 6.07) is 15.3. The van der Waals surface area contributed by atoms with Gasteiger partial charge in [-0.05, 0) is 42.7 Å². The van der Waals surface area contributed by atoms with E-state index < -0.39 is 0 Å². The standard InChI is InChI=1S/C22H24N2O3/c1-4-19(18-9-5-16(2)6-10-18)24-22(25)12-8-17-7-11-20(27-14-13-23)21(15-17)26-3/h5-12,15,19H,4,14H2,1-3H3,(H,24,25)/b12-8+. The van der Waals surface area contributed by atoms with Crippen LogP contribution < -0.4 is 14.8 Å². The van der Waals surface area contributed by atoms with Crippen molar-refractivity contribution in [1.29, 1.82) is 5.26 Å². The summed E-state index contributed by atoms with van der Waals surface area (Å²) in [5.41, 5.74) is 3.08. The van der Waals surface area contributed by atoms with Gasteiger partial charge in [0.25, 0.3) is 0 Å². The number of ether oxygens (including phenoxy) is 2. The fraction of sp³-hybridized carbons (Fsp3) is 0.273. The summed E-state index contributed by atoms with van der Waals surface area (Å²) >= 11 is 0. The minimum atomic E-state index is -0.161. The van der Waals surface area contributed by atoms with Crippen molar-refractivity contribution in [3.8, 4) is 17.6 Å². The number of benzene rings is 2. The van der Waals surface area contributed by atoms with Crippen LogP contribution in [0.5, 0.6) is 11.5 Å². The number of nitrogens with zero attached hydrogens (tertiary/aromatic N) is 1. The van der Waals surface area contributed by atoms with Gasteiger partial charge in [-0.15, -0.1) is 0 Å². The van der Waals surface area contributed by atoms with E-state index in [2.05, 4.69) is 5.32 Å². The number of amides is 1. The van der Waals surface area contributed by atoms with E-state index in [9.17, 15) is 4.79 Å². The van der Waals surface area contributed by atoms with Crippen LogP contribution in [0.3, 0.4) is 0 Å². The molecule has 0 bridgehead atoms. The summed E-state index contributed by atoms with van der Waals surface area (Å²) in [5.74, 6) is 0.844. The summed E-state index contributed by atoms with van der Waals surface area (Å²) in [6.45, 7) is 4.03. The molecule has 0 radical (unpaired) electrons. The third-order valence-corrected chi connectivity index (χ3v) is 4.11. The van der Waals surface area contributed by atoms with Crippen LogP contribution in [0.15, 0.2) is 48.5 Å². The van der Waals surface area contributed by atoms with Gasteiger partial charge >= 0.3 is 0 Å². The van der Waals surface area contributed by atoms with E-state index in [1.54, 1.807) is 24.3 Å². The first-order valence-electron chi connectivity index (χ1n) is 8.80. The SMILES string of the molecule is CCC(NC(=O)/C=C/c1ccc(OCC#N)c(OC)c1)c1ccc(C)cc1. The van der Waals surface area contributed by atoms with E-state index in [1.807, 2.05) is 44.2 Å². The Hall–Kier alpha value is -3.26. The maximum atomic E-state index is 12.3. The molecule has 1 amide bonds. The number of rotatable bonds is 8. The van der Waals surface area contributed by atoms with E-state index in [0.717, 1.165) is 17.5 Å². The first kappa shape index (κ1) is 20.1. The number of nitrogens with one attached hydrogen (secondary N) is 1. The summed E-state index contributed by atoms with van der Waals surface area (Å²) in [5, 5.41) is 11.6. The predicted octanol–water partition coefficient (Wildman–Crippen LogP) is 4.19. The molecule has 5 heteroatoms. The van der Waals surface area contributed by atoms with Crippen molar-refractivity contribution < 1.29 is 14.3 Å². The molecule has 2 aromatic rings. The first-order chi connectivity index (χ1) is 13.1. The van der Waals surface area contributed by atoms with E-state index >= 15 is 0 Å². The highest BCUT2D eigenvalue weighted by Crippen LogP contribution is 2.28. The van der Waals surface area contributed by atoms with Gasteiger partial charge in [-0.3, -0.25) is 4.79 Å². The summed E-state index contributed by atoms with van der Waals surface area (Å²) < 4.78 is 10.6. The summed E-state index contributed by atoms with van der Waals surface area (Å²) in [7, 11) is 1.53. The van der Waals surface area contributed by atoms with Crippen LogP contribution in [-0.2, 0) is 4.79 Å². The van der Waals surface area contributed by atoms with Gasteiger partial charge in [0.1, 0.15) is 6.07 Å². The summed E-state index contributed by atoms with van der Waals surface area (Å²) in [4.78, 5) is 12.3. The maximum Gasteiger partial charge on any atom is 0.244 e. The lowest BCUT2D eigenvalue weighted by Gasteiger charge is -2.16. The van der Waals surface area contributed by atoms with Crippen LogP contribution in [0, 0.1) is 18.3 Å². The molecule has 2 aromatic carbocycles. The first-order valence-corrected chi connectivity index (χ1v) is 8.80. The third-order valence-electron chi connectivity index (χ3n) is 4.11. The Morgan fingerprint density at radius 1 is 1.22 bits per heavy atom. The van der Waals surface area contributed by atoms with Gasteiger partial charge in [0.2, 0.25) is 5.91 Å². The van der Waals surface area contributed by atoms with Crippen molar-refractivity contribution in [2.45, 2.75) is 26.3 Å². The Balaban J connectivity index is 2.04. The average Bonchev–Trinajstić information content (AvgIpc) is 2.69. The number of hydrogen-bond acceptors (Lipinski definition) is 4. The Morgan fingerprint density at radius 2 is 1.96 bits per heavy atom. The molecule has 1 atom stereocenters. The van der Waals surface area contributed by atoms with Crippen molar-refractivity contribution in [3.05, 3.63) is 65.2 Å². The normalized spacial score (nSPS) is 11.6. The Morgan fingerprint density at radius 3 is 2.59 bits per heavy atom. The fourth-order valence-electron chi connectivity index (χ4n) is 2.63. The topological polar surface area (TPSA) is 71.3 Å². The molecular weight excluding hydrogens is 340 g/mol. The van der Waals surface area contributed by atoms with E-state index in [4.69, 9.17) is 14.7 Å². The fourth-order valence-corrected chi connectivity index (χ4v) is 2.63. The zero-order valence-electron chi connectivity index (χ0n) is 15.9. The molecule has 0 fully saturated rings.